The average Bonchev–Trinajstić information content (AvgIpc) is 3.25. The van der Waals surface area contributed by atoms with E-state index in [1.54, 1.807) is 0 Å². The molecule has 238 valence electrons. The maximum Gasteiger partial charge on any atom is 0.303 e. The molecule has 0 N–H and O–H groups in total. The minimum absolute atomic E-state index is 0.164. The maximum absolute atomic E-state index is 11.7. The number of hydrogen-bond acceptors (Lipinski definition) is 4. The van der Waals surface area contributed by atoms with Gasteiger partial charge in [0.1, 0.15) is 12.7 Å². The van der Waals surface area contributed by atoms with Gasteiger partial charge in [0.15, 0.2) is 0 Å². The second kappa shape index (κ2) is 10.9. The Bertz CT molecular complexity index is 1080. The normalized spacial score (nSPS) is 46.8. The van der Waals surface area contributed by atoms with Crippen molar-refractivity contribution in [2.75, 3.05) is 6.61 Å². The minimum atomic E-state index is -0.345. The quantitative estimate of drug-likeness (QED) is 0.222. The number of fused-ring (bicyclic) bond motifs is 7. The molecule has 5 rings (SSSR count). The van der Waals surface area contributed by atoms with Gasteiger partial charge in [-0.2, -0.15) is 0 Å². The van der Waals surface area contributed by atoms with E-state index in [2.05, 4.69) is 67.5 Å². The Morgan fingerprint density at radius 3 is 2.17 bits per heavy atom. The number of hydrogen-bond donors (Lipinski definition) is 0. The van der Waals surface area contributed by atoms with Crippen LogP contribution in [-0.4, -0.2) is 24.6 Å². The topological polar surface area (TPSA) is 52.6 Å². The van der Waals surface area contributed by atoms with Gasteiger partial charge in [0.25, 0.3) is 0 Å². The molecule has 42 heavy (non-hydrogen) atoms. The number of allylic oxidation sites excluding steroid dienone is 2. The third kappa shape index (κ3) is 4.83. The van der Waals surface area contributed by atoms with Crippen molar-refractivity contribution in [3.8, 4) is 0 Å². The lowest BCUT2D eigenvalue weighted by molar-refractivity contribution is -0.202. The molecule has 0 aromatic heterocycles. The van der Waals surface area contributed by atoms with Gasteiger partial charge in [-0.1, -0.05) is 67.5 Å². The fraction of sp³-hybridized carbons (Fsp3) is 0.895. The molecule has 12 unspecified atom stereocenters. The summed E-state index contributed by atoms with van der Waals surface area (Å²) in [6.07, 6.45) is 17.8. The van der Waals surface area contributed by atoms with E-state index in [1.807, 2.05) is 0 Å². The zero-order valence-electron chi connectivity index (χ0n) is 28.7. The molecule has 12 atom stereocenters. The highest BCUT2D eigenvalue weighted by Crippen LogP contribution is 2.77. The summed E-state index contributed by atoms with van der Waals surface area (Å²) >= 11 is 0. The van der Waals surface area contributed by atoms with Crippen LogP contribution in [0.2, 0.25) is 0 Å². The van der Waals surface area contributed by atoms with Crippen molar-refractivity contribution in [1.29, 1.82) is 0 Å². The molecule has 0 aliphatic heterocycles. The molecule has 5 aliphatic carbocycles. The summed E-state index contributed by atoms with van der Waals surface area (Å²) in [4.78, 5) is 23.1. The molecule has 4 saturated carbocycles. The van der Waals surface area contributed by atoms with E-state index in [4.69, 9.17) is 9.47 Å². The number of ether oxygens (including phenoxy) is 2. The number of esters is 2. The standard InChI is InChI=1S/C38H62O4/c1-24(11-12-28(42-27(4)40)23-41-26(3)39)29-16-20-35(7)30(29)17-21-37(9)32(35)13-14-33-36(8)19-15-25(2)34(5,6)31(36)18-22-38(33,37)10/h18,22,24-25,28-33H,11-17,19-21,23H2,1-10H3. The monoisotopic (exact) mass is 582 g/mol. The molecule has 0 saturated heterocycles. The number of carbonyl (C=O) groups is 2. The smallest absolute Gasteiger partial charge is 0.303 e. The van der Waals surface area contributed by atoms with Crippen LogP contribution in [0.4, 0.5) is 0 Å². The van der Waals surface area contributed by atoms with Gasteiger partial charge in [-0.05, 0) is 133 Å². The molecule has 0 amide bonds. The van der Waals surface area contributed by atoms with Crippen LogP contribution in [0, 0.1) is 68.5 Å². The summed E-state index contributed by atoms with van der Waals surface area (Å²) < 4.78 is 10.8. The fourth-order valence-corrected chi connectivity index (χ4v) is 12.7. The second-order valence-electron chi connectivity index (χ2n) is 17.4. The van der Waals surface area contributed by atoms with Crippen molar-refractivity contribution in [3.05, 3.63) is 12.2 Å². The van der Waals surface area contributed by atoms with Gasteiger partial charge in [0.2, 0.25) is 0 Å². The van der Waals surface area contributed by atoms with Gasteiger partial charge in [0, 0.05) is 13.8 Å². The number of carbonyl (C=O) groups excluding carboxylic acids is 2. The van der Waals surface area contributed by atoms with Gasteiger partial charge in [0.05, 0.1) is 0 Å². The van der Waals surface area contributed by atoms with Crippen molar-refractivity contribution >= 4 is 11.9 Å². The van der Waals surface area contributed by atoms with Crippen molar-refractivity contribution in [1.82, 2.24) is 0 Å². The Labute approximate surface area is 257 Å². The van der Waals surface area contributed by atoms with E-state index in [0.29, 0.717) is 33.5 Å². The lowest BCUT2D eigenvalue weighted by atomic mass is 9.33. The molecular formula is C38H62O4. The Kier molecular flexibility index (Phi) is 8.35. The lowest BCUT2D eigenvalue weighted by Crippen LogP contribution is -2.64. The average molecular weight is 583 g/mol. The minimum Gasteiger partial charge on any atom is -0.462 e. The Hall–Kier alpha value is -1.32. The Morgan fingerprint density at radius 1 is 0.833 bits per heavy atom. The summed E-state index contributed by atoms with van der Waals surface area (Å²) in [5.74, 6) is 4.48. The highest BCUT2D eigenvalue weighted by atomic mass is 16.6. The Balaban J connectivity index is 1.34. The van der Waals surface area contributed by atoms with Gasteiger partial charge >= 0.3 is 11.9 Å². The SMILES string of the molecule is CC(=O)OCC(CCC(C)C1CCC2(C)C1CCC1(C)C2CCC2C3(C)CCC(C)C(C)(C)C3C=CC21C)OC(C)=O. The van der Waals surface area contributed by atoms with E-state index in [-0.39, 0.29) is 30.1 Å². The third-order valence-corrected chi connectivity index (χ3v) is 15.4. The van der Waals surface area contributed by atoms with E-state index in [0.717, 1.165) is 42.4 Å². The first kappa shape index (κ1) is 32.1. The predicted molar refractivity (Wildman–Crippen MR) is 169 cm³/mol. The lowest BCUT2D eigenvalue weighted by Gasteiger charge is -2.71. The largest absolute Gasteiger partial charge is 0.462 e. The van der Waals surface area contributed by atoms with Crippen LogP contribution in [0.1, 0.15) is 133 Å². The molecule has 0 radical (unpaired) electrons. The van der Waals surface area contributed by atoms with E-state index in [1.165, 1.54) is 65.2 Å². The molecule has 0 aromatic carbocycles. The summed E-state index contributed by atoms with van der Waals surface area (Å²) in [5, 5.41) is 0. The van der Waals surface area contributed by atoms with E-state index < -0.39 is 0 Å². The van der Waals surface area contributed by atoms with Crippen LogP contribution < -0.4 is 0 Å². The van der Waals surface area contributed by atoms with Crippen LogP contribution in [0.3, 0.4) is 0 Å². The van der Waals surface area contributed by atoms with Crippen molar-refractivity contribution in [2.24, 2.45) is 68.5 Å². The summed E-state index contributed by atoms with van der Waals surface area (Å²) in [5.41, 5.74) is 1.79. The molecule has 0 bridgehead atoms. The number of rotatable bonds is 7. The first-order valence-corrected chi connectivity index (χ1v) is 17.5. The van der Waals surface area contributed by atoms with Gasteiger partial charge in [-0.3, -0.25) is 9.59 Å². The third-order valence-electron chi connectivity index (χ3n) is 15.4. The van der Waals surface area contributed by atoms with E-state index >= 15 is 0 Å². The fourth-order valence-electron chi connectivity index (χ4n) is 12.7. The molecular weight excluding hydrogens is 520 g/mol. The van der Waals surface area contributed by atoms with Crippen molar-refractivity contribution < 1.29 is 19.1 Å². The summed E-state index contributed by atoms with van der Waals surface area (Å²) in [6, 6.07) is 0. The van der Waals surface area contributed by atoms with Crippen LogP contribution >= 0.6 is 0 Å². The van der Waals surface area contributed by atoms with Gasteiger partial charge in [-0.25, -0.2) is 0 Å². The van der Waals surface area contributed by atoms with Crippen molar-refractivity contribution in [3.63, 3.8) is 0 Å². The maximum atomic E-state index is 11.7. The van der Waals surface area contributed by atoms with Crippen molar-refractivity contribution in [2.45, 2.75) is 140 Å². The van der Waals surface area contributed by atoms with E-state index in [9.17, 15) is 9.59 Å². The second-order valence-corrected chi connectivity index (χ2v) is 17.4. The molecule has 0 aromatic rings. The predicted octanol–water partition coefficient (Wildman–Crippen LogP) is 9.41. The Morgan fingerprint density at radius 2 is 1.50 bits per heavy atom. The molecule has 0 heterocycles. The zero-order chi connectivity index (χ0) is 30.9. The van der Waals surface area contributed by atoms with Crippen LogP contribution in [0.15, 0.2) is 12.2 Å². The highest BCUT2D eigenvalue weighted by Gasteiger charge is 2.69. The molecule has 4 nitrogen and oxygen atoms in total. The first-order chi connectivity index (χ1) is 19.5. The molecule has 5 aliphatic rings. The van der Waals surface area contributed by atoms with Gasteiger partial charge in [-0.15, -0.1) is 0 Å². The van der Waals surface area contributed by atoms with Crippen LogP contribution in [-0.2, 0) is 19.1 Å². The summed E-state index contributed by atoms with van der Waals surface area (Å²) in [7, 11) is 0. The zero-order valence-corrected chi connectivity index (χ0v) is 28.7. The molecule has 4 heteroatoms. The first-order valence-electron chi connectivity index (χ1n) is 17.5. The summed E-state index contributed by atoms with van der Waals surface area (Å²) in [6.45, 7) is 23.8. The van der Waals surface area contributed by atoms with Crippen LogP contribution in [0.25, 0.3) is 0 Å². The molecule has 4 fully saturated rings. The molecule has 0 spiro atoms. The van der Waals surface area contributed by atoms with Crippen LogP contribution in [0.5, 0.6) is 0 Å². The van der Waals surface area contributed by atoms with Gasteiger partial charge < -0.3 is 9.47 Å². The highest BCUT2D eigenvalue weighted by molar-refractivity contribution is 5.67.